The monoisotopic (exact) mass is 358 g/mol. The van der Waals surface area contributed by atoms with Gasteiger partial charge in [0.2, 0.25) is 0 Å². The molecule has 0 unspecified atom stereocenters. The van der Waals surface area contributed by atoms with Gasteiger partial charge in [-0.05, 0) is 61.1 Å². The van der Waals surface area contributed by atoms with E-state index in [1.807, 2.05) is 31.6 Å². The highest BCUT2D eigenvalue weighted by molar-refractivity contribution is 7.14. The first-order valence-corrected chi connectivity index (χ1v) is 9.61. The van der Waals surface area contributed by atoms with Crippen molar-refractivity contribution in [1.82, 2.24) is 10.2 Å². The van der Waals surface area contributed by atoms with Gasteiger partial charge in [0, 0.05) is 26.3 Å². The van der Waals surface area contributed by atoms with Crippen molar-refractivity contribution in [2.24, 2.45) is 0 Å². The number of thiophene rings is 1. The van der Waals surface area contributed by atoms with Gasteiger partial charge >= 0.3 is 6.03 Å². The van der Waals surface area contributed by atoms with Crippen LogP contribution in [-0.4, -0.2) is 44.7 Å². The number of anilines is 2. The van der Waals surface area contributed by atoms with Crippen LogP contribution in [0.3, 0.4) is 0 Å². The summed E-state index contributed by atoms with van der Waals surface area (Å²) in [6.45, 7) is 2.79. The van der Waals surface area contributed by atoms with Gasteiger partial charge in [0.05, 0.1) is 11.0 Å². The van der Waals surface area contributed by atoms with Crippen LogP contribution in [0.1, 0.15) is 24.4 Å². The number of carbonyl (C=O) groups excluding carboxylic acids is 1. The van der Waals surface area contributed by atoms with E-state index < -0.39 is 0 Å². The van der Waals surface area contributed by atoms with Crippen molar-refractivity contribution in [3.05, 3.63) is 47.3 Å². The molecule has 1 aliphatic heterocycles. The molecule has 1 atom stereocenters. The first-order valence-electron chi connectivity index (χ1n) is 8.73. The normalized spacial score (nSPS) is 15.8. The van der Waals surface area contributed by atoms with E-state index in [0.29, 0.717) is 6.54 Å². The van der Waals surface area contributed by atoms with Gasteiger partial charge in [-0.15, -0.1) is 11.3 Å². The molecule has 0 bridgehead atoms. The van der Waals surface area contributed by atoms with E-state index >= 15 is 0 Å². The number of amides is 2. The molecule has 1 fully saturated rings. The first kappa shape index (κ1) is 17.8. The second-order valence-electron chi connectivity index (χ2n) is 6.56. The Labute approximate surface area is 153 Å². The van der Waals surface area contributed by atoms with Gasteiger partial charge in [-0.1, -0.05) is 12.1 Å². The Balaban J connectivity index is 1.65. The van der Waals surface area contributed by atoms with Crippen LogP contribution in [0.15, 0.2) is 41.8 Å². The lowest BCUT2D eigenvalue weighted by Gasteiger charge is -2.28. The smallest absolute Gasteiger partial charge is 0.319 e. The lowest BCUT2D eigenvalue weighted by atomic mass is 10.0. The first-order chi connectivity index (χ1) is 12.1. The van der Waals surface area contributed by atoms with E-state index in [4.69, 9.17) is 0 Å². The largest absolute Gasteiger partial charge is 0.378 e. The van der Waals surface area contributed by atoms with Crippen LogP contribution < -0.4 is 15.5 Å². The maximum Gasteiger partial charge on any atom is 0.319 e. The topological polar surface area (TPSA) is 47.6 Å². The summed E-state index contributed by atoms with van der Waals surface area (Å²) in [6.07, 6.45) is 2.46. The van der Waals surface area contributed by atoms with Crippen molar-refractivity contribution in [1.29, 1.82) is 0 Å². The second-order valence-corrected chi connectivity index (χ2v) is 7.50. The molecule has 1 aliphatic rings. The number of hydrogen-bond donors (Lipinski definition) is 2. The van der Waals surface area contributed by atoms with Crippen molar-refractivity contribution >= 4 is 28.1 Å². The van der Waals surface area contributed by atoms with Crippen molar-refractivity contribution < 1.29 is 4.79 Å². The molecule has 0 radical (unpaired) electrons. The second kappa shape index (κ2) is 8.36. The number of nitrogens with zero attached hydrogens (tertiary/aromatic N) is 2. The molecule has 2 heterocycles. The molecule has 1 aromatic carbocycles. The Morgan fingerprint density at radius 2 is 1.92 bits per heavy atom. The third-order valence-electron chi connectivity index (χ3n) is 4.59. The molecule has 134 valence electrons. The molecule has 5 nitrogen and oxygen atoms in total. The standard InChI is InChI=1S/C19H26N4OS/c1-22(2)16-9-7-15(8-10-16)17(23-11-3-4-12-23)14-20-19(24)21-18-6-5-13-25-18/h5-10,13,17H,3-4,11-12,14H2,1-2H3,(H2,20,21,24)/t17-/m1/s1. The summed E-state index contributed by atoms with van der Waals surface area (Å²) in [5.41, 5.74) is 2.44. The highest BCUT2D eigenvalue weighted by Crippen LogP contribution is 2.26. The Hall–Kier alpha value is -2.05. The van der Waals surface area contributed by atoms with Crippen molar-refractivity contribution in [3.63, 3.8) is 0 Å². The van der Waals surface area contributed by atoms with E-state index in [9.17, 15) is 4.79 Å². The SMILES string of the molecule is CN(C)c1ccc([C@@H](CNC(=O)Nc2cccs2)N2CCCC2)cc1. The predicted octanol–water partition coefficient (Wildman–Crippen LogP) is 3.77. The molecule has 0 aliphatic carbocycles. The summed E-state index contributed by atoms with van der Waals surface area (Å²) in [6, 6.07) is 12.6. The number of carbonyl (C=O) groups is 1. The molecule has 2 N–H and O–H groups in total. The number of benzene rings is 1. The van der Waals surface area contributed by atoms with Crippen molar-refractivity contribution in [2.75, 3.05) is 43.9 Å². The summed E-state index contributed by atoms with van der Waals surface area (Å²) in [7, 11) is 4.09. The molecule has 25 heavy (non-hydrogen) atoms. The van der Waals surface area contributed by atoms with Gasteiger partial charge in [-0.3, -0.25) is 10.2 Å². The minimum atomic E-state index is -0.142. The van der Waals surface area contributed by atoms with Crippen LogP contribution in [0.4, 0.5) is 15.5 Å². The van der Waals surface area contributed by atoms with E-state index in [1.54, 1.807) is 0 Å². The predicted molar refractivity (Wildman–Crippen MR) is 106 cm³/mol. The highest BCUT2D eigenvalue weighted by Gasteiger charge is 2.24. The molecule has 1 aromatic heterocycles. The van der Waals surface area contributed by atoms with E-state index in [0.717, 1.165) is 18.1 Å². The zero-order valence-electron chi connectivity index (χ0n) is 14.9. The summed E-state index contributed by atoms with van der Waals surface area (Å²) >= 11 is 1.52. The summed E-state index contributed by atoms with van der Waals surface area (Å²) < 4.78 is 0. The molecule has 6 heteroatoms. The minimum Gasteiger partial charge on any atom is -0.378 e. The molecule has 2 aromatic rings. The Kier molecular flexibility index (Phi) is 5.94. The van der Waals surface area contributed by atoms with Crippen molar-refractivity contribution in [3.8, 4) is 0 Å². The third-order valence-corrected chi connectivity index (χ3v) is 5.37. The molecular formula is C19H26N4OS. The van der Waals surface area contributed by atoms with E-state index in [1.165, 1.54) is 35.4 Å². The van der Waals surface area contributed by atoms with E-state index in [2.05, 4.69) is 44.7 Å². The summed E-state index contributed by atoms with van der Waals surface area (Å²) in [5.74, 6) is 0. The maximum atomic E-state index is 12.2. The van der Waals surface area contributed by atoms with Crippen LogP contribution in [0.25, 0.3) is 0 Å². The molecule has 1 saturated heterocycles. The average Bonchev–Trinajstić information content (AvgIpc) is 3.29. The van der Waals surface area contributed by atoms with Gasteiger partial charge in [0.25, 0.3) is 0 Å². The number of rotatable bonds is 6. The fourth-order valence-electron chi connectivity index (χ4n) is 3.20. The van der Waals surface area contributed by atoms with Crippen LogP contribution in [-0.2, 0) is 0 Å². The highest BCUT2D eigenvalue weighted by atomic mass is 32.1. The number of urea groups is 1. The van der Waals surface area contributed by atoms with Gasteiger partial charge in [-0.25, -0.2) is 4.79 Å². The average molecular weight is 359 g/mol. The quantitative estimate of drug-likeness (QED) is 0.826. The molecular weight excluding hydrogens is 332 g/mol. The maximum absolute atomic E-state index is 12.2. The molecule has 2 amide bonds. The zero-order chi connectivity index (χ0) is 17.6. The van der Waals surface area contributed by atoms with Crippen LogP contribution in [0, 0.1) is 0 Å². The van der Waals surface area contributed by atoms with Gasteiger partial charge < -0.3 is 10.2 Å². The summed E-state index contributed by atoms with van der Waals surface area (Å²) in [4.78, 5) is 16.7. The van der Waals surface area contributed by atoms with Gasteiger partial charge in [0.15, 0.2) is 0 Å². The number of hydrogen-bond acceptors (Lipinski definition) is 4. The summed E-state index contributed by atoms with van der Waals surface area (Å²) in [5, 5.41) is 8.74. The molecule has 0 spiro atoms. The van der Waals surface area contributed by atoms with Gasteiger partial charge in [-0.2, -0.15) is 0 Å². The Bertz CT molecular complexity index is 663. The number of nitrogens with one attached hydrogen (secondary N) is 2. The van der Waals surface area contributed by atoms with Crippen LogP contribution in [0.5, 0.6) is 0 Å². The van der Waals surface area contributed by atoms with Crippen LogP contribution >= 0.6 is 11.3 Å². The number of likely N-dealkylation sites (tertiary alicyclic amines) is 1. The Morgan fingerprint density at radius 1 is 1.20 bits per heavy atom. The molecule has 0 saturated carbocycles. The minimum absolute atomic E-state index is 0.142. The van der Waals surface area contributed by atoms with Crippen molar-refractivity contribution in [2.45, 2.75) is 18.9 Å². The van der Waals surface area contributed by atoms with Crippen LogP contribution in [0.2, 0.25) is 0 Å². The van der Waals surface area contributed by atoms with E-state index in [-0.39, 0.29) is 12.1 Å². The lowest BCUT2D eigenvalue weighted by Crippen LogP contribution is -2.38. The fraction of sp³-hybridized carbons (Fsp3) is 0.421. The zero-order valence-corrected chi connectivity index (χ0v) is 15.7. The lowest BCUT2D eigenvalue weighted by molar-refractivity contribution is 0.227. The molecule has 3 rings (SSSR count). The third kappa shape index (κ3) is 4.74. The fourth-order valence-corrected chi connectivity index (χ4v) is 3.81. The van der Waals surface area contributed by atoms with Gasteiger partial charge in [0.1, 0.15) is 0 Å². The Morgan fingerprint density at radius 3 is 2.52 bits per heavy atom.